The molecule has 0 radical (unpaired) electrons. The molecule has 1 heterocycles. The van der Waals surface area contributed by atoms with Crippen LogP contribution in [0.5, 0.6) is 0 Å². The third-order valence-corrected chi connectivity index (χ3v) is 3.64. The molecule has 0 aliphatic carbocycles. The van der Waals surface area contributed by atoms with E-state index in [1.165, 1.54) is 12.1 Å². The van der Waals surface area contributed by atoms with Crippen LogP contribution in [0.2, 0.25) is 0 Å². The Morgan fingerprint density at radius 3 is 2.33 bits per heavy atom. The average molecular weight is 254 g/mol. The van der Waals surface area contributed by atoms with Crippen molar-refractivity contribution < 1.29 is 8.78 Å². The summed E-state index contributed by atoms with van der Waals surface area (Å²) in [5.74, 6) is -1.08. The zero-order chi connectivity index (χ0) is 13.3. The molecular formula is C14H20F2N2. The molecule has 4 heteroatoms. The van der Waals surface area contributed by atoms with Crippen molar-refractivity contribution >= 4 is 0 Å². The van der Waals surface area contributed by atoms with E-state index in [0.717, 1.165) is 25.6 Å². The van der Waals surface area contributed by atoms with Gasteiger partial charge in [-0.2, -0.15) is 0 Å². The molecule has 1 aliphatic heterocycles. The molecule has 1 fully saturated rings. The lowest BCUT2D eigenvalue weighted by Crippen LogP contribution is -2.33. The van der Waals surface area contributed by atoms with E-state index >= 15 is 0 Å². The van der Waals surface area contributed by atoms with Crippen molar-refractivity contribution in [1.29, 1.82) is 0 Å². The van der Waals surface area contributed by atoms with Gasteiger partial charge >= 0.3 is 0 Å². The predicted octanol–water partition coefficient (Wildman–Crippen LogP) is 2.70. The van der Waals surface area contributed by atoms with E-state index in [-0.39, 0.29) is 11.5 Å². The normalized spacial score (nSPS) is 21.2. The molecular weight excluding hydrogens is 234 g/mol. The molecule has 0 bridgehead atoms. The summed E-state index contributed by atoms with van der Waals surface area (Å²) in [7, 11) is 0. The van der Waals surface area contributed by atoms with Crippen LogP contribution in [-0.4, -0.2) is 24.5 Å². The van der Waals surface area contributed by atoms with E-state index in [1.54, 1.807) is 0 Å². The number of hydrogen-bond acceptors (Lipinski definition) is 2. The van der Waals surface area contributed by atoms with Gasteiger partial charge in [-0.15, -0.1) is 0 Å². The van der Waals surface area contributed by atoms with Crippen molar-refractivity contribution in [2.24, 2.45) is 11.1 Å². The highest BCUT2D eigenvalue weighted by atomic mass is 19.1. The first kappa shape index (κ1) is 13.4. The third-order valence-electron chi connectivity index (χ3n) is 3.64. The first-order valence-corrected chi connectivity index (χ1v) is 6.31. The van der Waals surface area contributed by atoms with Crippen LogP contribution in [0.4, 0.5) is 8.78 Å². The van der Waals surface area contributed by atoms with E-state index in [1.807, 2.05) is 0 Å². The van der Waals surface area contributed by atoms with Gasteiger partial charge in [0.25, 0.3) is 0 Å². The molecule has 2 N–H and O–H groups in total. The van der Waals surface area contributed by atoms with Crippen molar-refractivity contribution in [3.63, 3.8) is 0 Å². The van der Waals surface area contributed by atoms with E-state index in [9.17, 15) is 8.78 Å². The molecule has 18 heavy (non-hydrogen) atoms. The molecule has 2 nitrogen and oxygen atoms in total. The standard InChI is InChI=1S/C14H20F2N2/c1-14(2)3-4-18(9-14)13(8-17)10-5-11(15)7-12(16)6-10/h5-7,13H,3-4,8-9,17H2,1-2H3. The molecule has 0 amide bonds. The number of nitrogens with two attached hydrogens (primary N) is 1. The summed E-state index contributed by atoms with van der Waals surface area (Å²) in [5.41, 5.74) is 6.67. The van der Waals surface area contributed by atoms with Crippen LogP contribution < -0.4 is 5.73 Å². The molecule has 1 aromatic rings. The Morgan fingerprint density at radius 1 is 1.28 bits per heavy atom. The lowest BCUT2D eigenvalue weighted by molar-refractivity contribution is 0.222. The summed E-state index contributed by atoms with van der Waals surface area (Å²) < 4.78 is 26.5. The molecule has 1 unspecified atom stereocenters. The largest absolute Gasteiger partial charge is 0.329 e. The Bertz CT molecular complexity index is 412. The van der Waals surface area contributed by atoms with Gasteiger partial charge in [0.15, 0.2) is 0 Å². The van der Waals surface area contributed by atoms with Crippen LogP contribution in [0.1, 0.15) is 31.9 Å². The van der Waals surface area contributed by atoms with Gasteiger partial charge in [-0.25, -0.2) is 8.78 Å². The quantitative estimate of drug-likeness (QED) is 0.898. The Kier molecular flexibility index (Phi) is 3.69. The van der Waals surface area contributed by atoms with Crippen LogP contribution in [0.25, 0.3) is 0 Å². The molecule has 1 atom stereocenters. The monoisotopic (exact) mass is 254 g/mol. The van der Waals surface area contributed by atoms with Crippen LogP contribution >= 0.6 is 0 Å². The fourth-order valence-electron chi connectivity index (χ4n) is 2.68. The molecule has 1 aliphatic rings. The van der Waals surface area contributed by atoms with E-state index in [2.05, 4.69) is 18.7 Å². The minimum absolute atomic E-state index is 0.100. The fourth-order valence-corrected chi connectivity index (χ4v) is 2.68. The van der Waals surface area contributed by atoms with Gasteiger partial charge < -0.3 is 5.73 Å². The summed E-state index contributed by atoms with van der Waals surface area (Å²) in [6, 6.07) is 3.56. The lowest BCUT2D eigenvalue weighted by Gasteiger charge is -2.28. The third kappa shape index (κ3) is 2.87. The van der Waals surface area contributed by atoms with E-state index in [0.29, 0.717) is 12.1 Å². The maximum atomic E-state index is 13.3. The minimum atomic E-state index is -0.540. The maximum Gasteiger partial charge on any atom is 0.126 e. The molecule has 0 spiro atoms. The fraction of sp³-hybridized carbons (Fsp3) is 0.571. The molecule has 100 valence electrons. The SMILES string of the molecule is CC1(C)CCN(C(CN)c2cc(F)cc(F)c2)C1. The van der Waals surface area contributed by atoms with Crippen LogP contribution in [0.15, 0.2) is 18.2 Å². The van der Waals surface area contributed by atoms with Gasteiger partial charge in [0, 0.05) is 25.2 Å². The second-order valence-electron chi connectivity index (χ2n) is 5.84. The molecule has 2 rings (SSSR count). The molecule has 1 saturated heterocycles. The highest BCUT2D eigenvalue weighted by Gasteiger charge is 2.33. The van der Waals surface area contributed by atoms with Gasteiger partial charge in [0.2, 0.25) is 0 Å². The Hall–Kier alpha value is -1.00. The highest BCUT2D eigenvalue weighted by molar-refractivity contribution is 5.22. The van der Waals surface area contributed by atoms with Gasteiger partial charge in [-0.3, -0.25) is 4.90 Å². The van der Waals surface area contributed by atoms with Gasteiger partial charge in [0.1, 0.15) is 11.6 Å². The first-order valence-electron chi connectivity index (χ1n) is 6.31. The Morgan fingerprint density at radius 2 is 1.89 bits per heavy atom. The van der Waals surface area contributed by atoms with Crippen molar-refractivity contribution in [2.45, 2.75) is 26.3 Å². The minimum Gasteiger partial charge on any atom is -0.329 e. The molecule has 1 aromatic carbocycles. The van der Waals surface area contributed by atoms with E-state index in [4.69, 9.17) is 5.73 Å². The van der Waals surface area contributed by atoms with E-state index < -0.39 is 11.6 Å². The van der Waals surface area contributed by atoms with Crippen molar-refractivity contribution in [2.75, 3.05) is 19.6 Å². The van der Waals surface area contributed by atoms with Crippen LogP contribution in [0.3, 0.4) is 0 Å². The van der Waals surface area contributed by atoms with Gasteiger partial charge in [-0.05, 0) is 36.1 Å². The summed E-state index contributed by atoms with van der Waals surface area (Å²) in [6.45, 7) is 6.61. The summed E-state index contributed by atoms with van der Waals surface area (Å²) in [6.07, 6.45) is 1.08. The Labute approximate surface area is 107 Å². The topological polar surface area (TPSA) is 29.3 Å². The van der Waals surface area contributed by atoms with Crippen LogP contribution in [0, 0.1) is 17.0 Å². The molecule has 0 aromatic heterocycles. The predicted molar refractivity (Wildman–Crippen MR) is 68.1 cm³/mol. The number of likely N-dealkylation sites (tertiary alicyclic amines) is 1. The van der Waals surface area contributed by atoms with Gasteiger partial charge in [0.05, 0.1) is 0 Å². The lowest BCUT2D eigenvalue weighted by atomic mass is 9.93. The number of nitrogens with zero attached hydrogens (tertiary/aromatic N) is 1. The number of benzene rings is 1. The van der Waals surface area contributed by atoms with Crippen molar-refractivity contribution in [3.8, 4) is 0 Å². The number of halogens is 2. The highest BCUT2D eigenvalue weighted by Crippen LogP contribution is 2.34. The molecule has 0 saturated carbocycles. The second kappa shape index (κ2) is 4.94. The van der Waals surface area contributed by atoms with Gasteiger partial charge in [-0.1, -0.05) is 13.8 Å². The maximum absolute atomic E-state index is 13.3. The summed E-state index contributed by atoms with van der Waals surface area (Å²) in [5, 5.41) is 0. The first-order chi connectivity index (χ1) is 8.41. The Balaban J connectivity index is 2.23. The summed E-state index contributed by atoms with van der Waals surface area (Å²) >= 11 is 0. The average Bonchev–Trinajstić information content (AvgIpc) is 2.58. The smallest absolute Gasteiger partial charge is 0.126 e. The summed E-state index contributed by atoms with van der Waals surface area (Å²) in [4.78, 5) is 2.22. The zero-order valence-electron chi connectivity index (χ0n) is 10.9. The van der Waals surface area contributed by atoms with Crippen molar-refractivity contribution in [3.05, 3.63) is 35.4 Å². The second-order valence-corrected chi connectivity index (χ2v) is 5.84. The van der Waals surface area contributed by atoms with Crippen LogP contribution in [-0.2, 0) is 0 Å². The zero-order valence-corrected chi connectivity index (χ0v) is 10.9. The number of rotatable bonds is 3. The van der Waals surface area contributed by atoms with Crippen molar-refractivity contribution in [1.82, 2.24) is 4.90 Å². The number of hydrogen-bond donors (Lipinski definition) is 1.